The van der Waals surface area contributed by atoms with Crippen LogP contribution in [0, 0.1) is 5.92 Å². The number of methoxy groups -OCH3 is 1. The first-order valence-corrected chi connectivity index (χ1v) is 4.90. The number of carbonyl (C=O) groups is 1. The standard InChI is InChI=1S/C10H19NO2/c1-5-7(2)10-8(13-4)6-9(12)11(10)3/h7-8,10H,5-6H2,1-4H3/t7-,8+,10-/m0/s1. The number of rotatable bonds is 3. The van der Waals surface area contributed by atoms with Crippen molar-refractivity contribution in [2.45, 2.75) is 38.8 Å². The molecule has 76 valence electrons. The van der Waals surface area contributed by atoms with E-state index in [0.29, 0.717) is 12.3 Å². The lowest BCUT2D eigenvalue weighted by molar-refractivity contribution is -0.128. The third-order valence-electron chi connectivity index (χ3n) is 3.13. The maximum Gasteiger partial charge on any atom is 0.225 e. The molecular weight excluding hydrogens is 166 g/mol. The summed E-state index contributed by atoms with van der Waals surface area (Å²) in [6.07, 6.45) is 1.72. The van der Waals surface area contributed by atoms with E-state index in [1.807, 2.05) is 11.9 Å². The molecule has 0 N–H and O–H groups in total. The summed E-state index contributed by atoms with van der Waals surface area (Å²) in [7, 11) is 3.56. The minimum atomic E-state index is 0.0902. The quantitative estimate of drug-likeness (QED) is 0.663. The number of nitrogens with zero attached hydrogens (tertiary/aromatic N) is 1. The highest BCUT2D eigenvalue weighted by molar-refractivity contribution is 5.79. The molecule has 0 aliphatic carbocycles. The highest BCUT2D eigenvalue weighted by atomic mass is 16.5. The predicted octanol–water partition coefficient (Wildman–Crippen LogP) is 1.28. The van der Waals surface area contributed by atoms with E-state index in [1.54, 1.807) is 7.11 Å². The van der Waals surface area contributed by atoms with Crippen LogP contribution in [-0.2, 0) is 9.53 Å². The Morgan fingerprint density at radius 2 is 2.31 bits per heavy atom. The highest BCUT2D eigenvalue weighted by Gasteiger charge is 2.39. The molecule has 1 aliphatic rings. The van der Waals surface area contributed by atoms with Crippen molar-refractivity contribution in [1.29, 1.82) is 0 Å². The fourth-order valence-electron chi connectivity index (χ4n) is 2.06. The van der Waals surface area contributed by atoms with E-state index in [0.717, 1.165) is 6.42 Å². The lowest BCUT2D eigenvalue weighted by Gasteiger charge is -2.29. The molecule has 1 aliphatic heterocycles. The Balaban J connectivity index is 2.73. The number of amides is 1. The zero-order chi connectivity index (χ0) is 10.0. The van der Waals surface area contributed by atoms with Gasteiger partial charge in [-0.3, -0.25) is 4.79 Å². The maximum absolute atomic E-state index is 11.4. The molecule has 0 radical (unpaired) electrons. The van der Waals surface area contributed by atoms with Crippen LogP contribution in [-0.4, -0.2) is 37.1 Å². The van der Waals surface area contributed by atoms with E-state index in [-0.39, 0.29) is 18.1 Å². The topological polar surface area (TPSA) is 29.5 Å². The molecule has 0 saturated carbocycles. The molecule has 0 spiro atoms. The van der Waals surface area contributed by atoms with Crippen molar-refractivity contribution in [3.05, 3.63) is 0 Å². The molecule has 0 bridgehead atoms. The van der Waals surface area contributed by atoms with Gasteiger partial charge in [0.25, 0.3) is 0 Å². The molecule has 1 heterocycles. The maximum atomic E-state index is 11.4. The average Bonchev–Trinajstić information content (AvgIpc) is 2.42. The minimum absolute atomic E-state index is 0.0902. The number of likely N-dealkylation sites (tertiary alicyclic amines) is 1. The van der Waals surface area contributed by atoms with Crippen molar-refractivity contribution in [2.24, 2.45) is 5.92 Å². The summed E-state index contributed by atoms with van der Waals surface area (Å²) in [5, 5.41) is 0. The van der Waals surface area contributed by atoms with Crippen LogP contribution in [0.5, 0.6) is 0 Å². The zero-order valence-corrected chi connectivity index (χ0v) is 8.91. The van der Waals surface area contributed by atoms with E-state index < -0.39 is 0 Å². The summed E-state index contributed by atoms with van der Waals surface area (Å²) in [5.41, 5.74) is 0. The molecular formula is C10H19NO2. The molecule has 13 heavy (non-hydrogen) atoms. The van der Waals surface area contributed by atoms with Crippen molar-refractivity contribution in [1.82, 2.24) is 4.90 Å². The van der Waals surface area contributed by atoms with Gasteiger partial charge < -0.3 is 9.64 Å². The average molecular weight is 185 g/mol. The number of hydrogen-bond donors (Lipinski definition) is 0. The van der Waals surface area contributed by atoms with E-state index in [1.165, 1.54) is 0 Å². The first-order chi connectivity index (χ1) is 6.11. The Morgan fingerprint density at radius 3 is 2.77 bits per heavy atom. The summed E-state index contributed by atoms with van der Waals surface area (Å²) >= 11 is 0. The Labute approximate surface area is 80.1 Å². The molecule has 3 heteroatoms. The van der Waals surface area contributed by atoms with Gasteiger partial charge in [-0.25, -0.2) is 0 Å². The minimum Gasteiger partial charge on any atom is -0.379 e. The van der Waals surface area contributed by atoms with Gasteiger partial charge in [0.15, 0.2) is 0 Å². The molecule has 1 amide bonds. The van der Waals surface area contributed by atoms with Gasteiger partial charge in [0, 0.05) is 14.2 Å². The van der Waals surface area contributed by atoms with Gasteiger partial charge in [0.1, 0.15) is 0 Å². The van der Waals surface area contributed by atoms with Gasteiger partial charge in [-0.05, 0) is 5.92 Å². The molecule has 0 aromatic rings. The summed E-state index contributed by atoms with van der Waals surface area (Å²) < 4.78 is 5.33. The second-order valence-corrected chi connectivity index (χ2v) is 3.86. The van der Waals surface area contributed by atoms with Crippen molar-refractivity contribution in [3.8, 4) is 0 Å². The lowest BCUT2D eigenvalue weighted by Crippen LogP contribution is -2.39. The number of ether oxygens (including phenoxy) is 1. The first-order valence-electron chi connectivity index (χ1n) is 4.90. The van der Waals surface area contributed by atoms with Gasteiger partial charge >= 0.3 is 0 Å². The van der Waals surface area contributed by atoms with Crippen LogP contribution in [0.4, 0.5) is 0 Å². The van der Waals surface area contributed by atoms with E-state index in [4.69, 9.17) is 4.74 Å². The molecule has 3 atom stereocenters. The normalized spacial score (nSPS) is 31.1. The first kappa shape index (κ1) is 10.5. The van der Waals surface area contributed by atoms with Crippen LogP contribution in [0.1, 0.15) is 26.7 Å². The molecule has 1 fully saturated rings. The fraction of sp³-hybridized carbons (Fsp3) is 0.900. The molecule has 1 rings (SSSR count). The van der Waals surface area contributed by atoms with Crippen molar-refractivity contribution in [3.63, 3.8) is 0 Å². The number of carbonyl (C=O) groups excluding carboxylic acids is 1. The molecule has 0 aromatic carbocycles. The van der Waals surface area contributed by atoms with Crippen LogP contribution in [0.15, 0.2) is 0 Å². The SMILES string of the molecule is CC[C@H](C)[C@H]1[C@H](OC)CC(=O)N1C. The van der Waals surface area contributed by atoms with Crippen LogP contribution in [0.3, 0.4) is 0 Å². The number of likely N-dealkylation sites (N-methyl/N-ethyl adjacent to an activating group) is 1. The van der Waals surface area contributed by atoms with Crippen LogP contribution in [0.25, 0.3) is 0 Å². The molecule has 3 nitrogen and oxygen atoms in total. The smallest absolute Gasteiger partial charge is 0.225 e. The van der Waals surface area contributed by atoms with Gasteiger partial charge in [-0.1, -0.05) is 20.3 Å². The summed E-state index contributed by atoms with van der Waals surface area (Å²) in [6.45, 7) is 4.32. The summed E-state index contributed by atoms with van der Waals surface area (Å²) in [4.78, 5) is 13.3. The third kappa shape index (κ3) is 1.85. The van der Waals surface area contributed by atoms with Crippen molar-refractivity contribution < 1.29 is 9.53 Å². The largest absolute Gasteiger partial charge is 0.379 e. The fourth-order valence-corrected chi connectivity index (χ4v) is 2.06. The molecule has 1 saturated heterocycles. The third-order valence-corrected chi connectivity index (χ3v) is 3.13. The van der Waals surface area contributed by atoms with E-state index >= 15 is 0 Å². The van der Waals surface area contributed by atoms with Gasteiger partial charge in [0.05, 0.1) is 18.6 Å². The monoisotopic (exact) mass is 185 g/mol. The summed E-state index contributed by atoms with van der Waals surface area (Å²) in [6, 6.07) is 0.266. The Morgan fingerprint density at radius 1 is 1.69 bits per heavy atom. The molecule has 0 unspecified atom stereocenters. The Hall–Kier alpha value is -0.570. The van der Waals surface area contributed by atoms with Crippen molar-refractivity contribution in [2.75, 3.05) is 14.2 Å². The lowest BCUT2D eigenvalue weighted by atomic mass is 9.95. The Bertz CT molecular complexity index is 193. The van der Waals surface area contributed by atoms with Gasteiger partial charge in [-0.2, -0.15) is 0 Å². The van der Waals surface area contributed by atoms with E-state index in [2.05, 4.69) is 13.8 Å². The van der Waals surface area contributed by atoms with Crippen molar-refractivity contribution >= 4 is 5.91 Å². The highest BCUT2D eigenvalue weighted by Crippen LogP contribution is 2.27. The zero-order valence-electron chi connectivity index (χ0n) is 8.91. The molecule has 0 aromatic heterocycles. The van der Waals surface area contributed by atoms with Crippen LogP contribution < -0.4 is 0 Å². The van der Waals surface area contributed by atoms with Gasteiger partial charge in [0.2, 0.25) is 5.91 Å². The van der Waals surface area contributed by atoms with Crippen LogP contribution in [0.2, 0.25) is 0 Å². The number of hydrogen-bond acceptors (Lipinski definition) is 2. The summed E-state index contributed by atoms with van der Waals surface area (Å²) in [5.74, 6) is 0.721. The Kier molecular flexibility index (Phi) is 3.31. The second-order valence-electron chi connectivity index (χ2n) is 3.86. The van der Waals surface area contributed by atoms with Crippen LogP contribution >= 0.6 is 0 Å². The van der Waals surface area contributed by atoms with Gasteiger partial charge in [-0.15, -0.1) is 0 Å². The predicted molar refractivity (Wildman–Crippen MR) is 51.4 cm³/mol. The second kappa shape index (κ2) is 4.09. The van der Waals surface area contributed by atoms with E-state index in [9.17, 15) is 4.79 Å².